The van der Waals surface area contributed by atoms with Crippen LogP contribution >= 0.6 is 0 Å². The highest BCUT2D eigenvalue weighted by Crippen LogP contribution is 2.38. The third-order valence-electron chi connectivity index (χ3n) is 3.45. The lowest BCUT2D eigenvalue weighted by molar-refractivity contribution is -0.199. The predicted molar refractivity (Wildman–Crippen MR) is 64.2 cm³/mol. The van der Waals surface area contributed by atoms with Gasteiger partial charge < -0.3 is 9.47 Å². The molecule has 0 aromatic heterocycles. The Morgan fingerprint density at radius 2 is 2.22 bits per heavy atom. The second kappa shape index (κ2) is 4.64. The monoisotopic (exact) mass is 275 g/mol. The highest BCUT2D eigenvalue weighted by Gasteiger charge is 2.52. The maximum absolute atomic E-state index is 11.5. The van der Waals surface area contributed by atoms with Crippen LogP contribution in [-0.4, -0.2) is 50.6 Å². The molecule has 1 unspecified atom stereocenters. The largest absolute Gasteiger partial charge is 0.467 e. The molecule has 0 radical (unpaired) electrons. The molecule has 0 aromatic rings. The Hall–Kier alpha value is -0.920. The quantitative estimate of drug-likeness (QED) is 0.691. The van der Waals surface area contributed by atoms with Crippen molar-refractivity contribution < 1.29 is 22.7 Å². The minimum absolute atomic E-state index is 0.287. The summed E-state index contributed by atoms with van der Waals surface area (Å²) in [5, 5.41) is 0.931. The highest BCUT2D eigenvalue weighted by atomic mass is 32.2. The first-order valence-electron chi connectivity index (χ1n) is 5.81. The van der Waals surface area contributed by atoms with Crippen LogP contribution in [0.5, 0.6) is 0 Å². The van der Waals surface area contributed by atoms with Gasteiger partial charge in [-0.1, -0.05) is 6.58 Å². The van der Waals surface area contributed by atoms with Crippen LogP contribution in [0.3, 0.4) is 0 Å². The molecule has 18 heavy (non-hydrogen) atoms. The van der Waals surface area contributed by atoms with E-state index in [0.29, 0.717) is 6.42 Å². The van der Waals surface area contributed by atoms with E-state index in [1.165, 1.54) is 11.4 Å². The Balaban J connectivity index is 2.00. The van der Waals surface area contributed by atoms with E-state index in [0.717, 1.165) is 18.2 Å². The number of hydrogen-bond acceptors (Lipinski definition) is 5. The van der Waals surface area contributed by atoms with E-state index >= 15 is 0 Å². The van der Waals surface area contributed by atoms with Gasteiger partial charge in [0, 0.05) is 18.5 Å². The van der Waals surface area contributed by atoms with Gasteiger partial charge in [-0.25, -0.2) is 13.2 Å². The summed E-state index contributed by atoms with van der Waals surface area (Å²) in [6.45, 7) is 3.85. The van der Waals surface area contributed by atoms with Crippen molar-refractivity contribution in [1.82, 2.24) is 4.31 Å². The predicted octanol–water partition coefficient (Wildman–Crippen LogP) is 0.256. The molecule has 2 aliphatic heterocycles. The van der Waals surface area contributed by atoms with Gasteiger partial charge in [0.2, 0.25) is 10.0 Å². The number of carbonyl (C=O) groups is 1. The molecule has 0 N–H and O–H groups in total. The zero-order chi connectivity index (χ0) is 13.4. The van der Waals surface area contributed by atoms with Crippen LogP contribution in [0.2, 0.25) is 0 Å². The van der Waals surface area contributed by atoms with Gasteiger partial charge in [-0.05, 0) is 19.3 Å². The standard InChI is InChI=1S/C11H17NO5S/c1-3-18(14,15)12-7-11(8-12)6-4-5-9(17-11)10(13)16-2/h3,9H,1,4-8H2,2H3. The summed E-state index contributed by atoms with van der Waals surface area (Å²) in [4.78, 5) is 11.4. The zero-order valence-electron chi connectivity index (χ0n) is 10.3. The van der Waals surface area contributed by atoms with Gasteiger partial charge in [0.15, 0.2) is 6.10 Å². The van der Waals surface area contributed by atoms with Gasteiger partial charge in [0.05, 0.1) is 12.7 Å². The van der Waals surface area contributed by atoms with Crippen LogP contribution in [0.15, 0.2) is 12.0 Å². The molecule has 0 bridgehead atoms. The van der Waals surface area contributed by atoms with Crippen molar-refractivity contribution >= 4 is 16.0 Å². The van der Waals surface area contributed by atoms with Crippen LogP contribution < -0.4 is 0 Å². The molecule has 7 heteroatoms. The van der Waals surface area contributed by atoms with Crippen LogP contribution in [-0.2, 0) is 24.3 Å². The van der Waals surface area contributed by atoms with Crippen molar-refractivity contribution in [2.75, 3.05) is 20.2 Å². The smallest absolute Gasteiger partial charge is 0.335 e. The Labute approximate surface area is 107 Å². The number of esters is 1. The minimum atomic E-state index is -3.38. The molecule has 2 saturated heterocycles. The van der Waals surface area contributed by atoms with E-state index in [1.807, 2.05) is 0 Å². The van der Waals surface area contributed by atoms with Gasteiger partial charge in [-0.2, -0.15) is 4.31 Å². The minimum Gasteiger partial charge on any atom is -0.467 e. The van der Waals surface area contributed by atoms with Gasteiger partial charge in [0.1, 0.15) is 0 Å². The number of ether oxygens (including phenoxy) is 2. The molecule has 1 spiro atoms. The van der Waals surface area contributed by atoms with Crippen molar-refractivity contribution in [1.29, 1.82) is 0 Å². The average Bonchev–Trinajstić information content (AvgIpc) is 2.35. The fourth-order valence-electron chi connectivity index (χ4n) is 2.44. The molecule has 2 aliphatic rings. The molecule has 2 rings (SSSR count). The Bertz CT molecular complexity index is 452. The number of methoxy groups -OCH3 is 1. The maximum Gasteiger partial charge on any atom is 0.335 e. The van der Waals surface area contributed by atoms with Crippen molar-refractivity contribution in [3.8, 4) is 0 Å². The molecular weight excluding hydrogens is 258 g/mol. The maximum atomic E-state index is 11.5. The van der Waals surface area contributed by atoms with Crippen molar-refractivity contribution in [2.24, 2.45) is 0 Å². The first-order chi connectivity index (χ1) is 8.42. The molecule has 0 amide bonds. The third-order valence-corrected chi connectivity index (χ3v) is 4.85. The summed E-state index contributed by atoms with van der Waals surface area (Å²) in [7, 11) is -2.06. The fourth-order valence-corrected chi connectivity index (χ4v) is 3.48. The van der Waals surface area contributed by atoms with Crippen LogP contribution in [0.25, 0.3) is 0 Å². The van der Waals surface area contributed by atoms with Gasteiger partial charge >= 0.3 is 5.97 Å². The van der Waals surface area contributed by atoms with E-state index < -0.39 is 21.7 Å². The molecule has 2 fully saturated rings. The van der Waals surface area contributed by atoms with E-state index in [1.54, 1.807) is 0 Å². The van der Waals surface area contributed by atoms with Crippen LogP contribution in [0.4, 0.5) is 0 Å². The molecule has 0 aliphatic carbocycles. The lowest BCUT2D eigenvalue weighted by Crippen LogP contribution is -2.66. The summed E-state index contributed by atoms with van der Waals surface area (Å²) in [5.74, 6) is -0.390. The van der Waals surface area contributed by atoms with E-state index in [4.69, 9.17) is 4.74 Å². The van der Waals surface area contributed by atoms with Crippen molar-refractivity contribution in [3.63, 3.8) is 0 Å². The zero-order valence-corrected chi connectivity index (χ0v) is 11.1. The molecule has 0 saturated carbocycles. The topological polar surface area (TPSA) is 72.9 Å². The summed E-state index contributed by atoms with van der Waals surface area (Å²) < 4.78 is 34.8. The Morgan fingerprint density at radius 1 is 1.56 bits per heavy atom. The number of nitrogens with zero attached hydrogens (tertiary/aromatic N) is 1. The number of sulfonamides is 1. The Morgan fingerprint density at radius 3 is 2.78 bits per heavy atom. The summed E-state index contributed by atoms with van der Waals surface area (Å²) >= 11 is 0. The van der Waals surface area contributed by atoms with Crippen LogP contribution in [0, 0.1) is 0 Å². The number of rotatable bonds is 3. The summed E-state index contributed by atoms with van der Waals surface area (Å²) in [6.07, 6.45) is 1.66. The molecule has 0 aromatic carbocycles. The molecule has 102 valence electrons. The second-order valence-corrected chi connectivity index (χ2v) is 6.56. The van der Waals surface area contributed by atoms with E-state index in [9.17, 15) is 13.2 Å². The first kappa shape index (κ1) is 13.5. The average molecular weight is 275 g/mol. The normalized spacial score (nSPS) is 27.5. The lowest BCUT2D eigenvalue weighted by atomic mass is 9.86. The fraction of sp³-hybridized carbons (Fsp3) is 0.727. The number of carbonyl (C=O) groups excluding carboxylic acids is 1. The van der Waals surface area contributed by atoms with Gasteiger partial charge in [-0.15, -0.1) is 0 Å². The molecule has 1 atom stereocenters. The molecule has 2 heterocycles. The van der Waals surface area contributed by atoms with Gasteiger partial charge in [-0.3, -0.25) is 0 Å². The first-order valence-corrected chi connectivity index (χ1v) is 7.31. The van der Waals surface area contributed by atoms with E-state index in [2.05, 4.69) is 11.3 Å². The number of hydrogen-bond donors (Lipinski definition) is 0. The SMILES string of the molecule is C=CS(=O)(=O)N1CC2(CCCC(C(=O)OC)O2)C1. The molecule has 6 nitrogen and oxygen atoms in total. The Kier molecular flexibility index (Phi) is 3.48. The van der Waals surface area contributed by atoms with Crippen molar-refractivity contribution in [2.45, 2.75) is 31.0 Å². The summed E-state index contributed by atoms with van der Waals surface area (Å²) in [5.41, 5.74) is -0.521. The molecular formula is C11H17NO5S. The van der Waals surface area contributed by atoms with Gasteiger partial charge in [0.25, 0.3) is 0 Å². The summed E-state index contributed by atoms with van der Waals surface area (Å²) in [6, 6.07) is 0. The third kappa shape index (κ3) is 2.30. The highest BCUT2D eigenvalue weighted by molar-refractivity contribution is 7.92. The second-order valence-electron chi connectivity index (χ2n) is 4.68. The van der Waals surface area contributed by atoms with Crippen molar-refractivity contribution in [3.05, 3.63) is 12.0 Å². The van der Waals surface area contributed by atoms with Crippen LogP contribution in [0.1, 0.15) is 19.3 Å². The van der Waals surface area contributed by atoms with E-state index in [-0.39, 0.29) is 19.1 Å². The lowest BCUT2D eigenvalue weighted by Gasteiger charge is -2.51.